The van der Waals surface area contributed by atoms with Gasteiger partial charge in [-0.3, -0.25) is 0 Å². The van der Waals surface area contributed by atoms with E-state index in [-0.39, 0.29) is 19.1 Å². The molecule has 0 aromatic rings. The fraction of sp³-hybridized carbons (Fsp3) is 1.00. The average molecular weight is 597 g/mol. The second kappa shape index (κ2) is 20.5. The van der Waals surface area contributed by atoms with E-state index in [0.717, 1.165) is 19.3 Å². The van der Waals surface area contributed by atoms with Gasteiger partial charge in [-0.05, 0) is 6.42 Å². The van der Waals surface area contributed by atoms with Gasteiger partial charge in [0.1, 0.15) is 48.8 Å². The molecule has 2 aliphatic heterocycles. The van der Waals surface area contributed by atoms with Gasteiger partial charge in [0, 0.05) is 5.92 Å². The fourth-order valence-corrected chi connectivity index (χ4v) is 5.36. The molecule has 2 rings (SSSR count). The van der Waals surface area contributed by atoms with Crippen molar-refractivity contribution in [1.29, 1.82) is 0 Å². The standard InChI is InChI=1S/C29H56O12/c1-2-3-4-5-6-7-8-9-10-11-12-13-14-19(17-38-28-26(36)24(34)22(32)20(15-30)40-28)18-39-29-27(37)25(35)23(33)21(16-31)41-29/h19-37H,2-18H2,1H3/t19?,20-,21-,22-,23-,24+,25+,26-,27-,28-,29+/m1/s1. The maximum absolute atomic E-state index is 10.3. The zero-order valence-corrected chi connectivity index (χ0v) is 24.6. The minimum Gasteiger partial charge on any atom is -0.394 e. The number of rotatable bonds is 21. The minimum atomic E-state index is -1.55. The molecule has 12 heteroatoms. The molecule has 2 saturated heterocycles. The monoisotopic (exact) mass is 596 g/mol. The number of unbranched alkanes of at least 4 members (excludes halogenated alkanes) is 11. The molecule has 12 nitrogen and oxygen atoms in total. The molecule has 2 fully saturated rings. The van der Waals surface area contributed by atoms with E-state index in [1.54, 1.807) is 0 Å². The number of hydrogen-bond acceptors (Lipinski definition) is 12. The minimum absolute atomic E-state index is 0.0398. The number of aliphatic hydroxyl groups is 8. The van der Waals surface area contributed by atoms with Crippen molar-refractivity contribution in [3.8, 4) is 0 Å². The lowest BCUT2D eigenvalue weighted by Crippen LogP contribution is -2.59. The van der Waals surface area contributed by atoms with Gasteiger partial charge in [0.15, 0.2) is 12.6 Å². The van der Waals surface area contributed by atoms with Gasteiger partial charge in [-0.2, -0.15) is 0 Å². The van der Waals surface area contributed by atoms with Crippen molar-refractivity contribution in [2.45, 2.75) is 152 Å². The molecule has 11 atom stereocenters. The smallest absolute Gasteiger partial charge is 0.186 e. The van der Waals surface area contributed by atoms with Crippen LogP contribution in [0.5, 0.6) is 0 Å². The topological polar surface area (TPSA) is 199 Å². The summed E-state index contributed by atoms with van der Waals surface area (Å²) in [5.41, 5.74) is 0. The predicted molar refractivity (Wildman–Crippen MR) is 149 cm³/mol. The molecule has 0 spiro atoms. The first-order valence-electron chi connectivity index (χ1n) is 15.6. The summed E-state index contributed by atoms with van der Waals surface area (Å²) in [6.07, 6.45) is 1.31. The van der Waals surface area contributed by atoms with Crippen molar-refractivity contribution in [1.82, 2.24) is 0 Å². The lowest BCUT2D eigenvalue weighted by atomic mass is 9.98. The van der Waals surface area contributed by atoms with Gasteiger partial charge in [-0.15, -0.1) is 0 Å². The molecule has 0 saturated carbocycles. The maximum Gasteiger partial charge on any atom is 0.186 e. The Balaban J connectivity index is 1.82. The Bertz CT molecular complexity index is 613. The second-order valence-electron chi connectivity index (χ2n) is 11.6. The normalized spacial score (nSPS) is 35.0. The van der Waals surface area contributed by atoms with Crippen molar-refractivity contribution in [3.05, 3.63) is 0 Å². The Morgan fingerprint density at radius 1 is 0.512 bits per heavy atom. The van der Waals surface area contributed by atoms with Crippen LogP contribution in [-0.4, -0.2) is 129 Å². The number of ether oxygens (including phenoxy) is 4. The first kappa shape index (κ1) is 36.7. The summed E-state index contributed by atoms with van der Waals surface area (Å²) in [7, 11) is 0. The van der Waals surface area contributed by atoms with Crippen LogP contribution in [0.3, 0.4) is 0 Å². The molecule has 0 aromatic heterocycles. The third-order valence-corrected chi connectivity index (χ3v) is 8.16. The van der Waals surface area contributed by atoms with Gasteiger partial charge in [-0.1, -0.05) is 84.0 Å². The molecule has 0 aliphatic carbocycles. The van der Waals surface area contributed by atoms with Gasteiger partial charge in [0.05, 0.1) is 26.4 Å². The summed E-state index contributed by atoms with van der Waals surface area (Å²) >= 11 is 0. The summed E-state index contributed by atoms with van der Waals surface area (Å²) in [5.74, 6) is -0.252. The van der Waals surface area contributed by atoms with E-state index in [1.165, 1.54) is 57.8 Å². The third-order valence-electron chi connectivity index (χ3n) is 8.16. The highest BCUT2D eigenvalue weighted by atomic mass is 16.7. The molecule has 41 heavy (non-hydrogen) atoms. The highest BCUT2D eigenvalue weighted by molar-refractivity contribution is 4.90. The molecular weight excluding hydrogens is 540 g/mol. The molecule has 0 radical (unpaired) electrons. The molecule has 0 bridgehead atoms. The highest BCUT2D eigenvalue weighted by Gasteiger charge is 2.45. The van der Waals surface area contributed by atoms with Crippen molar-refractivity contribution in [3.63, 3.8) is 0 Å². The van der Waals surface area contributed by atoms with Crippen molar-refractivity contribution < 1.29 is 59.8 Å². The molecule has 244 valence electrons. The van der Waals surface area contributed by atoms with E-state index < -0.39 is 74.6 Å². The third kappa shape index (κ3) is 12.2. The molecule has 0 aromatic carbocycles. The largest absolute Gasteiger partial charge is 0.394 e. The van der Waals surface area contributed by atoms with E-state index >= 15 is 0 Å². The van der Waals surface area contributed by atoms with Crippen LogP contribution in [0.25, 0.3) is 0 Å². The van der Waals surface area contributed by atoms with Crippen molar-refractivity contribution >= 4 is 0 Å². The molecule has 2 aliphatic rings. The van der Waals surface area contributed by atoms with E-state index in [4.69, 9.17) is 18.9 Å². The summed E-state index contributed by atoms with van der Waals surface area (Å²) in [6.45, 7) is 1.18. The Labute approximate surface area is 244 Å². The van der Waals surface area contributed by atoms with Crippen LogP contribution in [0.4, 0.5) is 0 Å². The van der Waals surface area contributed by atoms with E-state index in [0.29, 0.717) is 6.42 Å². The summed E-state index contributed by atoms with van der Waals surface area (Å²) in [6, 6.07) is 0. The van der Waals surface area contributed by atoms with E-state index in [9.17, 15) is 40.9 Å². The zero-order valence-electron chi connectivity index (χ0n) is 24.6. The predicted octanol–water partition coefficient (Wildman–Crippen LogP) is 0.327. The first-order chi connectivity index (χ1) is 19.7. The molecule has 2 heterocycles. The molecule has 1 unspecified atom stereocenters. The lowest BCUT2D eigenvalue weighted by Gasteiger charge is -2.41. The zero-order chi connectivity index (χ0) is 30.2. The van der Waals surface area contributed by atoms with Crippen molar-refractivity contribution in [2.24, 2.45) is 5.92 Å². The van der Waals surface area contributed by atoms with Crippen LogP contribution in [0.15, 0.2) is 0 Å². The second-order valence-corrected chi connectivity index (χ2v) is 11.6. The van der Waals surface area contributed by atoms with Crippen molar-refractivity contribution in [2.75, 3.05) is 26.4 Å². The fourth-order valence-electron chi connectivity index (χ4n) is 5.36. The maximum atomic E-state index is 10.3. The van der Waals surface area contributed by atoms with Gasteiger partial charge in [0.25, 0.3) is 0 Å². The summed E-state index contributed by atoms with van der Waals surface area (Å²) < 4.78 is 22.4. The van der Waals surface area contributed by atoms with E-state index in [2.05, 4.69) is 6.92 Å². The van der Waals surface area contributed by atoms with Crippen LogP contribution in [0, 0.1) is 5.92 Å². The van der Waals surface area contributed by atoms with Gasteiger partial charge in [0.2, 0.25) is 0 Å². The molecule has 8 N–H and O–H groups in total. The van der Waals surface area contributed by atoms with E-state index in [1.807, 2.05) is 0 Å². The Morgan fingerprint density at radius 2 is 0.878 bits per heavy atom. The van der Waals surface area contributed by atoms with Crippen LogP contribution < -0.4 is 0 Å². The molecular formula is C29H56O12. The van der Waals surface area contributed by atoms with Crippen LogP contribution in [0.1, 0.15) is 90.4 Å². The van der Waals surface area contributed by atoms with Crippen LogP contribution in [-0.2, 0) is 18.9 Å². The summed E-state index contributed by atoms with van der Waals surface area (Å²) in [4.78, 5) is 0. The highest BCUT2D eigenvalue weighted by Crippen LogP contribution is 2.26. The van der Waals surface area contributed by atoms with Gasteiger partial charge in [-0.25, -0.2) is 0 Å². The first-order valence-corrected chi connectivity index (χ1v) is 15.6. The Kier molecular flexibility index (Phi) is 18.3. The van der Waals surface area contributed by atoms with Crippen LogP contribution >= 0.6 is 0 Å². The summed E-state index contributed by atoms with van der Waals surface area (Å²) in [5, 5.41) is 79.6. The van der Waals surface area contributed by atoms with Gasteiger partial charge >= 0.3 is 0 Å². The quantitative estimate of drug-likeness (QED) is 0.0846. The Morgan fingerprint density at radius 3 is 1.24 bits per heavy atom. The molecule has 0 amide bonds. The Hall–Kier alpha value is -0.480. The SMILES string of the molecule is CCCCCCCCCCCCCCC(CO[C@@H]1O[C@H](CO)[C@@H](O)[C@H](O)[C@H]1O)CO[C@H]1O[C@H](CO)[C@@H](O)[C@H](O)[C@H]1O. The van der Waals surface area contributed by atoms with Gasteiger partial charge < -0.3 is 59.8 Å². The number of aliphatic hydroxyl groups excluding tert-OH is 8. The van der Waals surface area contributed by atoms with Crippen LogP contribution in [0.2, 0.25) is 0 Å². The number of hydrogen-bond donors (Lipinski definition) is 8. The average Bonchev–Trinajstić information content (AvgIpc) is 2.97. The lowest BCUT2D eigenvalue weighted by molar-refractivity contribution is -0.312.